The molecule has 0 aliphatic carbocycles. The van der Waals surface area contributed by atoms with Crippen LogP contribution in [0.5, 0.6) is 0 Å². The predicted molar refractivity (Wildman–Crippen MR) is 80.6 cm³/mol. The van der Waals surface area contributed by atoms with Gasteiger partial charge in [-0.2, -0.15) is 5.10 Å². The van der Waals surface area contributed by atoms with Crippen LogP contribution in [0.3, 0.4) is 0 Å². The number of nitrogens with zero attached hydrogens (tertiary/aromatic N) is 4. The van der Waals surface area contributed by atoms with Gasteiger partial charge < -0.3 is 5.32 Å². The smallest absolute Gasteiger partial charge is 0.256 e. The van der Waals surface area contributed by atoms with Crippen LogP contribution >= 0.6 is 11.6 Å². The summed E-state index contributed by atoms with van der Waals surface area (Å²) >= 11 is 6.00. The van der Waals surface area contributed by atoms with E-state index in [-0.39, 0.29) is 11.1 Å². The maximum Gasteiger partial charge on any atom is 0.256 e. The third-order valence-electron chi connectivity index (χ3n) is 2.91. The van der Waals surface area contributed by atoms with E-state index in [0.29, 0.717) is 24.0 Å². The fraction of sp³-hybridized carbons (Fsp3) is 0.429. The number of carbonyl (C=O) groups is 1. The first-order valence-electron chi connectivity index (χ1n) is 6.88. The van der Waals surface area contributed by atoms with Crippen molar-refractivity contribution in [2.45, 2.75) is 26.7 Å². The van der Waals surface area contributed by atoms with Crippen molar-refractivity contribution in [3.8, 4) is 5.95 Å². The lowest BCUT2D eigenvalue weighted by Crippen LogP contribution is -2.24. The normalized spacial score (nSPS) is 10.9. The maximum absolute atomic E-state index is 12.1. The Morgan fingerprint density at radius 3 is 2.76 bits per heavy atom. The highest BCUT2D eigenvalue weighted by molar-refractivity contribution is 6.32. The molecular weight excluding hydrogens is 290 g/mol. The summed E-state index contributed by atoms with van der Waals surface area (Å²) in [5.41, 5.74) is 0.327. The van der Waals surface area contributed by atoms with Gasteiger partial charge in [0.2, 0.25) is 5.95 Å². The van der Waals surface area contributed by atoms with Gasteiger partial charge in [0.1, 0.15) is 0 Å². The van der Waals surface area contributed by atoms with Gasteiger partial charge in [0.25, 0.3) is 5.91 Å². The second kappa shape index (κ2) is 7.17. The van der Waals surface area contributed by atoms with E-state index in [1.54, 1.807) is 18.5 Å². The highest BCUT2D eigenvalue weighted by Gasteiger charge is 2.16. The molecule has 6 nitrogen and oxygen atoms in total. The van der Waals surface area contributed by atoms with E-state index in [2.05, 4.69) is 34.2 Å². The van der Waals surface area contributed by atoms with Crippen molar-refractivity contribution in [2.75, 3.05) is 6.54 Å². The Morgan fingerprint density at radius 2 is 2.10 bits per heavy atom. The Morgan fingerprint density at radius 1 is 1.38 bits per heavy atom. The Balaban J connectivity index is 2.00. The molecule has 0 aliphatic rings. The van der Waals surface area contributed by atoms with Gasteiger partial charge in [0, 0.05) is 25.1 Å². The lowest BCUT2D eigenvalue weighted by molar-refractivity contribution is 0.0952. The zero-order valence-electron chi connectivity index (χ0n) is 12.1. The van der Waals surface area contributed by atoms with Crippen LogP contribution in [0, 0.1) is 5.92 Å². The summed E-state index contributed by atoms with van der Waals surface area (Å²) in [6.07, 6.45) is 6.75. The average Bonchev–Trinajstić information content (AvgIpc) is 2.86. The number of halogens is 1. The van der Waals surface area contributed by atoms with Crippen molar-refractivity contribution in [2.24, 2.45) is 5.92 Å². The van der Waals surface area contributed by atoms with E-state index in [1.165, 1.54) is 10.9 Å². The number of amides is 1. The molecule has 2 rings (SSSR count). The summed E-state index contributed by atoms with van der Waals surface area (Å²) in [6.45, 7) is 4.94. The Hall–Kier alpha value is -1.95. The molecule has 21 heavy (non-hydrogen) atoms. The third kappa shape index (κ3) is 4.26. The van der Waals surface area contributed by atoms with Crippen molar-refractivity contribution in [3.63, 3.8) is 0 Å². The Kier molecular flexibility index (Phi) is 5.27. The van der Waals surface area contributed by atoms with Crippen LogP contribution in [0.15, 0.2) is 24.7 Å². The molecule has 0 atom stereocenters. The van der Waals surface area contributed by atoms with Crippen LogP contribution in [-0.2, 0) is 0 Å². The van der Waals surface area contributed by atoms with Crippen molar-refractivity contribution < 1.29 is 4.79 Å². The summed E-state index contributed by atoms with van der Waals surface area (Å²) in [4.78, 5) is 20.2. The number of carbonyl (C=O) groups excluding carboxylic acids is 1. The van der Waals surface area contributed by atoms with Crippen LogP contribution in [0.4, 0.5) is 0 Å². The molecule has 0 fully saturated rings. The van der Waals surface area contributed by atoms with Gasteiger partial charge in [0.15, 0.2) is 5.15 Å². The van der Waals surface area contributed by atoms with Crippen LogP contribution in [-0.4, -0.2) is 32.2 Å². The molecule has 0 aliphatic heterocycles. The van der Waals surface area contributed by atoms with Crippen molar-refractivity contribution in [1.29, 1.82) is 0 Å². The summed E-state index contributed by atoms with van der Waals surface area (Å²) in [7, 11) is 0. The molecule has 0 radical (unpaired) electrons. The van der Waals surface area contributed by atoms with Crippen LogP contribution in [0.1, 0.15) is 37.0 Å². The Bertz CT molecular complexity index is 597. The second-order valence-electron chi connectivity index (χ2n) is 5.12. The van der Waals surface area contributed by atoms with E-state index in [9.17, 15) is 4.79 Å². The van der Waals surface area contributed by atoms with Crippen molar-refractivity contribution in [1.82, 2.24) is 25.1 Å². The minimum atomic E-state index is -0.231. The van der Waals surface area contributed by atoms with E-state index < -0.39 is 0 Å². The van der Waals surface area contributed by atoms with Crippen LogP contribution in [0.25, 0.3) is 5.95 Å². The largest absolute Gasteiger partial charge is 0.352 e. The quantitative estimate of drug-likeness (QED) is 0.832. The highest BCUT2D eigenvalue weighted by atomic mass is 35.5. The van der Waals surface area contributed by atoms with E-state index in [1.807, 2.05) is 0 Å². The lowest BCUT2D eigenvalue weighted by atomic mass is 10.1. The number of aromatic nitrogens is 4. The predicted octanol–water partition coefficient (Wildman–Crippen LogP) is 2.48. The first kappa shape index (κ1) is 15.4. The fourth-order valence-electron chi connectivity index (χ4n) is 1.82. The highest BCUT2D eigenvalue weighted by Crippen LogP contribution is 2.15. The Labute approximate surface area is 128 Å². The lowest BCUT2D eigenvalue weighted by Gasteiger charge is -2.05. The van der Waals surface area contributed by atoms with E-state index in [4.69, 9.17) is 11.6 Å². The molecule has 0 spiro atoms. The maximum atomic E-state index is 12.1. The number of hydrogen-bond acceptors (Lipinski definition) is 4. The average molecular weight is 308 g/mol. The molecular formula is C14H18ClN5O. The topological polar surface area (TPSA) is 72.7 Å². The minimum absolute atomic E-state index is 0.142. The summed E-state index contributed by atoms with van der Waals surface area (Å²) in [6, 6.07) is 1.71. The summed E-state index contributed by atoms with van der Waals surface area (Å²) in [5, 5.41) is 7.04. The second-order valence-corrected chi connectivity index (χ2v) is 5.48. The molecule has 2 aromatic heterocycles. The van der Waals surface area contributed by atoms with Gasteiger partial charge in [-0.25, -0.2) is 14.6 Å². The van der Waals surface area contributed by atoms with Crippen LogP contribution < -0.4 is 5.32 Å². The molecule has 7 heteroatoms. The SMILES string of the molecule is CC(C)CCCNC(=O)c1cn(-c2ncccn2)nc1Cl. The molecule has 1 N–H and O–H groups in total. The first-order valence-corrected chi connectivity index (χ1v) is 7.26. The van der Waals surface area contributed by atoms with Gasteiger partial charge in [-0.1, -0.05) is 25.4 Å². The van der Waals surface area contributed by atoms with Gasteiger partial charge in [0.05, 0.1) is 5.56 Å². The molecule has 2 aromatic rings. The molecule has 0 saturated carbocycles. The molecule has 0 saturated heterocycles. The fourth-order valence-corrected chi connectivity index (χ4v) is 2.04. The van der Waals surface area contributed by atoms with Crippen LogP contribution in [0.2, 0.25) is 5.15 Å². The monoisotopic (exact) mass is 307 g/mol. The van der Waals surface area contributed by atoms with Gasteiger partial charge in [-0.05, 0) is 24.8 Å². The molecule has 2 heterocycles. The zero-order chi connectivity index (χ0) is 15.2. The summed E-state index contributed by atoms with van der Waals surface area (Å²) in [5.74, 6) is 0.771. The summed E-state index contributed by atoms with van der Waals surface area (Å²) < 4.78 is 1.39. The molecule has 0 aromatic carbocycles. The molecule has 0 bridgehead atoms. The minimum Gasteiger partial charge on any atom is -0.352 e. The molecule has 112 valence electrons. The third-order valence-corrected chi connectivity index (χ3v) is 3.19. The van der Waals surface area contributed by atoms with Gasteiger partial charge >= 0.3 is 0 Å². The molecule has 0 unspecified atom stereocenters. The van der Waals surface area contributed by atoms with Crippen molar-refractivity contribution in [3.05, 3.63) is 35.4 Å². The standard InChI is InChI=1S/C14H18ClN5O/c1-10(2)5-3-6-16-13(21)11-9-20(19-12(11)15)14-17-7-4-8-18-14/h4,7-10H,3,5-6H2,1-2H3,(H,16,21). The molecule has 1 amide bonds. The van der Waals surface area contributed by atoms with Gasteiger partial charge in [-0.3, -0.25) is 4.79 Å². The van der Waals surface area contributed by atoms with Crippen molar-refractivity contribution >= 4 is 17.5 Å². The number of nitrogens with one attached hydrogen (secondary N) is 1. The zero-order valence-corrected chi connectivity index (χ0v) is 12.8. The van der Waals surface area contributed by atoms with Gasteiger partial charge in [-0.15, -0.1) is 0 Å². The first-order chi connectivity index (χ1) is 10.1. The number of rotatable bonds is 6. The number of hydrogen-bond donors (Lipinski definition) is 1. The van der Waals surface area contributed by atoms with E-state index >= 15 is 0 Å². The van der Waals surface area contributed by atoms with E-state index in [0.717, 1.165) is 12.8 Å².